The van der Waals surface area contributed by atoms with Crippen molar-refractivity contribution in [3.8, 4) is 5.69 Å². The number of nitrogens with zero attached hydrogens (tertiary/aromatic N) is 4. The third-order valence-corrected chi connectivity index (χ3v) is 5.64. The summed E-state index contributed by atoms with van der Waals surface area (Å²) in [6.07, 6.45) is 7.34. The van der Waals surface area contributed by atoms with Crippen LogP contribution in [0.2, 0.25) is 0 Å². The molecule has 1 aliphatic rings. The molecule has 1 fully saturated rings. The first-order valence-corrected chi connectivity index (χ1v) is 9.46. The second kappa shape index (κ2) is 7.70. The summed E-state index contributed by atoms with van der Waals surface area (Å²) in [4.78, 5) is 14.2. The zero-order chi connectivity index (χ0) is 16.9. The minimum Gasteiger partial charge on any atom is -0.332 e. The summed E-state index contributed by atoms with van der Waals surface area (Å²) in [6.45, 7) is 0.384. The highest BCUT2D eigenvalue weighted by atomic mass is 32.2. The lowest BCUT2D eigenvalue weighted by Crippen LogP contribution is -2.42. The maximum atomic E-state index is 12.3. The van der Waals surface area contributed by atoms with Crippen LogP contribution in [0.1, 0.15) is 25.0 Å². The third-order valence-electron chi connectivity index (χ3n) is 4.54. The third kappa shape index (κ3) is 3.90. The molecule has 0 radical (unpaired) electrons. The van der Waals surface area contributed by atoms with Gasteiger partial charge in [0, 0.05) is 18.3 Å². The molecular weight excluding hydrogens is 322 g/mol. The molecule has 0 saturated heterocycles. The van der Waals surface area contributed by atoms with Crippen LogP contribution in [0.3, 0.4) is 0 Å². The Hall–Kier alpha value is -2.02. The van der Waals surface area contributed by atoms with E-state index in [0.717, 1.165) is 24.2 Å². The van der Waals surface area contributed by atoms with Gasteiger partial charge in [0.05, 0.1) is 18.4 Å². The first-order chi connectivity index (χ1) is 11.7. The van der Waals surface area contributed by atoms with E-state index in [1.807, 2.05) is 60.2 Å². The number of hydrogen-bond acceptors (Lipinski definition) is 4. The van der Waals surface area contributed by atoms with Crippen molar-refractivity contribution in [2.45, 2.75) is 37.1 Å². The molecular formula is C17H23N5OS. The highest BCUT2D eigenvalue weighted by Crippen LogP contribution is 2.30. The van der Waals surface area contributed by atoms with Crippen LogP contribution < -0.4 is 5.32 Å². The van der Waals surface area contributed by atoms with Gasteiger partial charge in [-0.05, 0) is 37.7 Å². The Labute approximate surface area is 146 Å². The van der Waals surface area contributed by atoms with Gasteiger partial charge in [0.2, 0.25) is 0 Å². The van der Waals surface area contributed by atoms with Gasteiger partial charge in [0.25, 0.3) is 0 Å². The molecule has 1 saturated carbocycles. The van der Waals surface area contributed by atoms with Gasteiger partial charge >= 0.3 is 6.03 Å². The molecule has 3 rings (SSSR count). The summed E-state index contributed by atoms with van der Waals surface area (Å²) in [5.41, 5.74) is 1.70. The van der Waals surface area contributed by atoms with Crippen molar-refractivity contribution in [2.24, 2.45) is 0 Å². The van der Waals surface area contributed by atoms with Crippen LogP contribution in [-0.2, 0) is 6.54 Å². The van der Waals surface area contributed by atoms with E-state index < -0.39 is 0 Å². The van der Waals surface area contributed by atoms with Crippen molar-refractivity contribution in [3.05, 3.63) is 42.2 Å². The lowest BCUT2D eigenvalue weighted by molar-refractivity contribution is 0.190. The molecule has 1 aliphatic carbocycles. The molecule has 1 heterocycles. The van der Waals surface area contributed by atoms with Crippen LogP contribution in [-0.4, -0.2) is 50.5 Å². The predicted molar refractivity (Wildman–Crippen MR) is 96.3 cm³/mol. The summed E-state index contributed by atoms with van der Waals surface area (Å²) < 4.78 is 1.71. The second-order valence-corrected chi connectivity index (χ2v) is 7.22. The van der Waals surface area contributed by atoms with E-state index in [9.17, 15) is 4.79 Å². The number of hydrogen-bond donors (Lipinski definition) is 1. The number of benzene rings is 1. The van der Waals surface area contributed by atoms with Crippen LogP contribution in [0, 0.1) is 0 Å². The Bertz CT molecular complexity index is 675. The molecule has 24 heavy (non-hydrogen) atoms. The van der Waals surface area contributed by atoms with Crippen molar-refractivity contribution in [1.82, 2.24) is 25.2 Å². The lowest BCUT2D eigenvalue weighted by atomic mass is 10.2. The number of thioether (sulfide) groups is 1. The fourth-order valence-electron chi connectivity index (χ4n) is 3.03. The maximum Gasteiger partial charge on any atom is 0.317 e. The molecule has 128 valence electrons. The van der Waals surface area contributed by atoms with E-state index in [1.54, 1.807) is 4.68 Å². The Morgan fingerprint density at radius 1 is 1.38 bits per heavy atom. The fourth-order valence-corrected chi connectivity index (χ4v) is 3.81. The Morgan fingerprint density at radius 2 is 2.17 bits per heavy atom. The summed E-state index contributed by atoms with van der Waals surface area (Å²) in [7, 11) is 1.88. The summed E-state index contributed by atoms with van der Waals surface area (Å²) in [6, 6.07) is 10.1. The normalized spacial score (nSPS) is 20.1. The number of carbonyl (C=O) groups is 1. The summed E-state index contributed by atoms with van der Waals surface area (Å²) >= 11 is 1.90. The Balaban J connectivity index is 1.52. The van der Waals surface area contributed by atoms with E-state index in [1.165, 1.54) is 6.42 Å². The van der Waals surface area contributed by atoms with Crippen molar-refractivity contribution in [3.63, 3.8) is 0 Å². The molecule has 1 aromatic heterocycles. The molecule has 1 aromatic carbocycles. The summed E-state index contributed by atoms with van der Waals surface area (Å²) in [5.74, 6) is 0. The van der Waals surface area contributed by atoms with Gasteiger partial charge in [0.1, 0.15) is 5.69 Å². The van der Waals surface area contributed by atoms with Gasteiger partial charge in [-0.2, -0.15) is 11.8 Å². The molecule has 2 amide bonds. The predicted octanol–water partition coefficient (Wildman–Crippen LogP) is 2.69. The molecule has 0 spiro atoms. The molecule has 2 aromatic rings. The molecule has 0 bridgehead atoms. The smallest absolute Gasteiger partial charge is 0.317 e. The summed E-state index contributed by atoms with van der Waals surface area (Å²) in [5, 5.41) is 11.8. The topological polar surface area (TPSA) is 63.1 Å². The first-order valence-electron chi connectivity index (χ1n) is 8.17. The van der Waals surface area contributed by atoms with E-state index in [-0.39, 0.29) is 6.03 Å². The van der Waals surface area contributed by atoms with E-state index >= 15 is 0 Å². The largest absolute Gasteiger partial charge is 0.332 e. The van der Waals surface area contributed by atoms with Crippen molar-refractivity contribution in [2.75, 3.05) is 13.3 Å². The number of rotatable bonds is 5. The number of amides is 2. The van der Waals surface area contributed by atoms with Crippen LogP contribution >= 0.6 is 11.8 Å². The van der Waals surface area contributed by atoms with Crippen molar-refractivity contribution >= 4 is 17.8 Å². The Morgan fingerprint density at radius 3 is 2.88 bits per heavy atom. The first kappa shape index (κ1) is 16.8. The minimum atomic E-state index is -0.0454. The molecule has 1 N–H and O–H groups in total. The van der Waals surface area contributed by atoms with Crippen molar-refractivity contribution < 1.29 is 4.79 Å². The average Bonchev–Trinajstić information content (AvgIpc) is 3.29. The highest BCUT2D eigenvalue weighted by molar-refractivity contribution is 7.99. The maximum absolute atomic E-state index is 12.3. The number of nitrogens with one attached hydrogen (secondary N) is 1. The number of carbonyl (C=O) groups excluding carboxylic acids is 1. The van der Waals surface area contributed by atoms with Crippen molar-refractivity contribution in [1.29, 1.82) is 0 Å². The van der Waals surface area contributed by atoms with E-state index in [4.69, 9.17) is 0 Å². The molecule has 2 unspecified atom stereocenters. The van der Waals surface area contributed by atoms with Crippen LogP contribution in [0.25, 0.3) is 5.69 Å². The Kier molecular flexibility index (Phi) is 5.40. The van der Waals surface area contributed by atoms with Gasteiger partial charge in [-0.15, -0.1) is 5.10 Å². The van der Waals surface area contributed by atoms with Gasteiger partial charge in [-0.1, -0.05) is 23.4 Å². The SMILES string of the molecule is CSC1CCC(N(C)C(=O)NCc2cn(-c3ccccc3)nn2)C1. The van der Waals surface area contributed by atoms with Crippen LogP contribution in [0.5, 0.6) is 0 Å². The van der Waals surface area contributed by atoms with Gasteiger partial charge in [-0.25, -0.2) is 9.48 Å². The van der Waals surface area contributed by atoms with Gasteiger partial charge in [-0.3, -0.25) is 0 Å². The zero-order valence-electron chi connectivity index (χ0n) is 14.1. The van der Waals surface area contributed by atoms with E-state index in [0.29, 0.717) is 17.8 Å². The quantitative estimate of drug-likeness (QED) is 0.905. The van der Waals surface area contributed by atoms with E-state index in [2.05, 4.69) is 21.9 Å². The lowest BCUT2D eigenvalue weighted by Gasteiger charge is -2.24. The highest BCUT2D eigenvalue weighted by Gasteiger charge is 2.29. The fraction of sp³-hybridized carbons (Fsp3) is 0.471. The number of para-hydroxylation sites is 1. The minimum absolute atomic E-state index is 0.0454. The molecule has 0 aliphatic heterocycles. The molecule has 2 atom stereocenters. The van der Waals surface area contributed by atoms with Gasteiger partial charge in [0.15, 0.2) is 0 Å². The van der Waals surface area contributed by atoms with Crippen LogP contribution in [0.4, 0.5) is 4.79 Å². The average molecular weight is 345 g/mol. The second-order valence-electron chi connectivity index (χ2n) is 6.08. The number of aromatic nitrogens is 3. The monoisotopic (exact) mass is 345 g/mol. The van der Waals surface area contributed by atoms with Crippen LogP contribution in [0.15, 0.2) is 36.5 Å². The standard InChI is InChI=1S/C17H23N5OS/c1-21(15-8-9-16(10-15)24-2)17(23)18-11-13-12-22(20-19-13)14-6-4-3-5-7-14/h3-7,12,15-16H,8-11H2,1-2H3,(H,18,23). The zero-order valence-corrected chi connectivity index (χ0v) is 14.9. The van der Waals surface area contributed by atoms with Gasteiger partial charge < -0.3 is 10.2 Å². The molecule has 6 nitrogen and oxygen atoms in total. The molecule has 7 heteroatoms. The number of urea groups is 1.